The zero-order chi connectivity index (χ0) is 15.3. The molecule has 0 spiro atoms. The van der Waals surface area contributed by atoms with E-state index >= 15 is 0 Å². The van der Waals surface area contributed by atoms with E-state index in [-0.39, 0.29) is 17.6 Å². The number of nitrogens with zero attached hydrogens (tertiary/aromatic N) is 2. The van der Waals surface area contributed by atoms with Crippen molar-refractivity contribution in [3.63, 3.8) is 0 Å². The molecule has 112 valence electrons. The van der Waals surface area contributed by atoms with Gasteiger partial charge in [-0.1, -0.05) is 0 Å². The number of carboxylic acids is 1. The van der Waals surface area contributed by atoms with Gasteiger partial charge in [-0.3, -0.25) is 5.32 Å². The summed E-state index contributed by atoms with van der Waals surface area (Å²) in [6, 6.07) is 1.26. The van der Waals surface area contributed by atoms with Crippen molar-refractivity contribution in [3.05, 3.63) is 17.0 Å². The lowest BCUT2D eigenvalue weighted by Gasteiger charge is -2.30. The Kier molecular flexibility index (Phi) is 5.97. The van der Waals surface area contributed by atoms with E-state index in [9.17, 15) is 9.59 Å². The summed E-state index contributed by atoms with van der Waals surface area (Å²) in [6.45, 7) is 5.18. The maximum Gasteiger partial charge on any atom is 0.338 e. The van der Waals surface area contributed by atoms with Crippen molar-refractivity contribution >= 4 is 28.3 Å². The number of aromatic carboxylic acids is 1. The largest absolute Gasteiger partial charge is 0.478 e. The molecule has 0 saturated carbocycles. The molecule has 2 N–H and O–H groups in total. The van der Waals surface area contributed by atoms with Crippen LogP contribution in [0.2, 0.25) is 0 Å². The molecule has 7 heteroatoms. The monoisotopic (exact) mass is 299 g/mol. The molecule has 1 atom stereocenters. The molecule has 0 aliphatic rings. The van der Waals surface area contributed by atoms with Gasteiger partial charge in [-0.05, 0) is 39.4 Å². The SMILES string of the molecule is CCN(C(=O)Nc1sccc1C(=O)O)C(C)CN(C)C. The maximum absolute atomic E-state index is 12.2. The summed E-state index contributed by atoms with van der Waals surface area (Å²) in [6.07, 6.45) is 0. The Hall–Kier alpha value is -1.60. The van der Waals surface area contributed by atoms with E-state index in [0.29, 0.717) is 11.5 Å². The topological polar surface area (TPSA) is 72.9 Å². The molecule has 0 fully saturated rings. The minimum atomic E-state index is -1.04. The van der Waals surface area contributed by atoms with Gasteiger partial charge >= 0.3 is 12.0 Å². The molecule has 0 bridgehead atoms. The third-order valence-corrected chi connectivity index (χ3v) is 3.71. The van der Waals surface area contributed by atoms with E-state index in [2.05, 4.69) is 5.32 Å². The highest BCUT2D eigenvalue weighted by molar-refractivity contribution is 7.14. The molecule has 1 rings (SSSR count). The number of nitrogens with one attached hydrogen (secondary N) is 1. The van der Waals surface area contributed by atoms with Crippen molar-refractivity contribution in [2.45, 2.75) is 19.9 Å². The molecule has 20 heavy (non-hydrogen) atoms. The van der Waals surface area contributed by atoms with Gasteiger partial charge in [0.25, 0.3) is 0 Å². The van der Waals surface area contributed by atoms with Crippen LogP contribution in [-0.2, 0) is 0 Å². The van der Waals surface area contributed by atoms with Gasteiger partial charge in [0, 0.05) is 19.1 Å². The van der Waals surface area contributed by atoms with E-state index in [1.165, 1.54) is 17.4 Å². The molecule has 0 aliphatic heterocycles. The van der Waals surface area contributed by atoms with Crippen molar-refractivity contribution in [1.29, 1.82) is 0 Å². The average Bonchev–Trinajstić information content (AvgIpc) is 2.76. The summed E-state index contributed by atoms with van der Waals surface area (Å²) in [4.78, 5) is 27.0. The highest BCUT2D eigenvalue weighted by Gasteiger charge is 2.21. The van der Waals surface area contributed by atoms with E-state index in [1.54, 1.807) is 10.3 Å². The van der Waals surface area contributed by atoms with E-state index in [0.717, 1.165) is 6.54 Å². The van der Waals surface area contributed by atoms with Crippen LogP contribution in [0.1, 0.15) is 24.2 Å². The van der Waals surface area contributed by atoms with Gasteiger partial charge in [0.2, 0.25) is 0 Å². The molecule has 6 nitrogen and oxygen atoms in total. The lowest BCUT2D eigenvalue weighted by molar-refractivity contribution is 0.0698. The number of carbonyl (C=O) groups is 2. The van der Waals surface area contributed by atoms with Crippen molar-refractivity contribution in [2.24, 2.45) is 0 Å². The average molecular weight is 299 g/mol. The standard InChI is InChI=1S/C13H21N3O3S/c1-5-16(9(2)8-15(3)4)13(19)14-11-10(12(17)18)6-7-20-11/h6-7,9H,5,8H2,1-4H3,(H,14,19)(H,17,18). The molecule has 1 unspecified atom stereocenters. The lowest BCUT2D eigenvalue weighted by atomic mass is 10.2. The van der Waals surface area contributed by atoms with Crippen LogP contribution in [0.3, 0.4) is 0 Å². The molecule has 0 aromatic carbocycles. The van der Waals surface area contributed by atoms with Gasteiger partial charge in [-0.25, -0.2) is 9.59 Å². The smallest absolute Gasteiger partial charge is 0.338 e. The zero-order valence-corrected chi connectivity index (χ0v) is 13.0. The van der Waals surface area contributed by atoms with E-state index in [1.807, 2.05) is 32.8 Å². The Morgan fingerprint density at radius 3 is 2.60 bits per heavy atom. The number of urea groups is 1. The highest BCUT2D eigenvalue weighted by Crippen LogP contribution is 2.23. The van der Waals surface area contributed by atoms with Crippen LogP contribution < -0.4 is 5.32 Å². The summed E-state index contributed by atoms with van der Waals surface area (Å²) in [7, 11) is 3.90. The van der Waals surface area contributed by atoms with Gasteiger partial charge in [0.05, 0.1) is 5.56 Å². The number of carbonyl (C=O) groups excluding carboxylic acids is 1. The Balaban J connectivity index is 2.77. The Morgan fingerprint density at radius 2 is 2.10 bits per heavy atom. The summed E-state index contributed by atoms with van der Waals surface area (Å²) in [5, 5.41) is 13.7. The third kappa shape index (κ3) is 4.21. The van der Waals surface area contributed by atoms with Gasteiger partial charge in [0.1, 0.15) is 5.00 Å². The van der Waals surface area contributed by atoms with Crippen LogP contribution in [0.25, 0.3) is 0 Å². The van der Waals surface area contributed by atoms with Gasteiger partial charge < -0.3 is 14.9 Å². The number of amides is 2. The van der Waals surface area contributed by atoms with Gasteiger partial charge in [0.15, 0.2) is 0 Å². The normalized spacial score (nSPS) is 12.2. The van der Waals surface area contributed by atoms with Crippen LogP contribution in [0, 0.1) is 0 Å². The highest BCUT2D eigenvalue weighted by atomic mass is 32.1. The summed E-state index contributed by atoms with van der Waals surface area (Å²) in [5.74, 6) is -1.04. The number of rotatable bonds is 6. The molecule has 0 aliphatic carbocycles. The lowest BCUT2D eigenvalue weighted by Crippen LogP contribution is -2.45. The van der Waals surface area contributed by atoms with Gasteiger partial charge in [-0.15, -0.1) is 11.3 Å². The second-order valence-corrected chi connectivity index (χ2v) is 5.71. The summed E-state index contributed by atoms with van der Waals surface area (Å²) >= 11 is 1.21. The number of hydrogen-bond acceptors (Lipinski definition) is 4. The molecule has 1 aromatic heterocycles. The zero-order valence-electron chi connectivity index (χ0n) is 12.2. The van der Waals surface area contributed by atoms with Crippen molar-refractivity contribution in [3.8, 4) is 0 Å². The Bertz CT molecular complexity index is 473. The first-order valence-corrected chi connectivity index (χ1v) is 7.27. The summed E-state index contributed by atoms with van der Waals surface area (Å²) < 4.78 is 0. The van der Waals surface area contributed by atoms with Gasteiger partial charge in [-0.2, -0.15) is 0 Å². The first kappa shape index (κ1) is 16.5. The Labute approximate surface area is 123 Å². The summed E-state index contributed by atoms with van der Waals surface area (Å²) in [5.41, 5.74) is 0.125. The first-order valence-electron chi connectivity index (χ1n) is 6.40. The van der Waals surface area contributed by atoms with Crippen molar-refractivity contribution in [2.75, 3.05) is 32.5 Å². The van der Waals surface area contributed by atoms with Crippen molar-refractivity contribution < 1.29 is 14.7 Å². The molecule has 1 aromatic rings. The minimum absolute atomic E-state index is 0.0447. The fraction of sp³-hybridized carbons (Fsp3) is 0.538. The molecule has 1 heterocycles. The third-order valence-electron chi connectivity index (χ3n) is 2.88. The predicted octanol–water partition coefficient (Wildman–Crippen LogP) is 2.25. The second kappa shape index (κ2) is 7.25. The molecular weight excluding hydrogens is 278 g/mol. The predicted molar refractivity (Wildman–Crippen MR) is 80.7 cm³/mol. The number of anilines is 1. The van der Waals surface area contributed by atoms with Crippen LogP contribution in [-0.4, -0.2) is 60.1 Å². The molecule has 0 saturated heterocycles. The van der Waals surface area contributed by atoms with Crippen LogP contribution in [0.5, 0.6) is 0 Å². The number of carboxylic acid groups (broad SMARTS) is 1. The maximum atomic E-state index is 12.2. The number of likely N-dealkylation sites (N-methyl/N-ethyl adjacent to an activating group) is 2. The van der Waals surface area contributed by atoms with Crippen LogP contribution >= 0.6 is 11.3 Å². The quantitative estimate of drug-likeness (QED) is 0.845. The molecular formula is C13H21N3O3S. The van der Waals surface area contributed by atoms with E-state index in [4.69, 9.17) is 5.11 Å². The van der Waals surface area contributed by atoms with Crippen LogP contribution in [0.4, 0.5) is 9.80 Å². The van der Waals surface area contributed by atoms with Crippen molar-refractivity contribution in [1.82, 2.24) is 9.80 Å². The minimum Gasteiger partial charge on any atom is -0.478 e. The van der Waals surface area contributed by atoms with E-state index < -0.39 is 5.97 Å². The van der Waals surface area contributed by atoms with Crippen LogP contribution in [0.15, 0.2) is 11.4 Å². The molecule has 0 radical (unpaired) electrons. The fourth-order valence-corrected chi connectivity index (χ4v) is 2.79. The number of hydrogen-bond donors (Lipinski definition) is 2. The second-order valence-electron chi connectivity index (χ2n) is 4.80. The fourth-order valence-electron chi connectivity index (χ4n) is 2.03. The number of thiophene rings is 1. The Morgan fingerprint density at radius 1 is 1.45 bits per heavy atom. The molecule has 2 amide bonds. The first-order chi connectivity index (χ1) is 9.36.